The molecule has 0 amide bonds. The molecule has 1 rings (SSSR count). The van der Waals surface area contributed by atoms with Gasteiger partial charge in [0.2, 0.25) is 0 Å². The molecule has 6 heteroatoms. The van der Waals surface area contributed by atoms with Gasteiger partial charge in [0.05, 0.1) is 7.11 Å². The fourth-order valence-corrected chi connectivity index (χ4v) is 2.06. The summed E-state index contributed by atoms with van der Waals surface area (Å²) >= 11 is 1.30. The number of nitrogens with one attached hydrogen (secondary N) is 1. The maximum absolute atomic E-state index is 8.87. The van der Waals surface area contributed by atoms with Crippen LogP contribution in [0.25, 0.3) is 0 Å². The van der Waals surface area contributed by atoms with Gasteiger partial charge in [0.25, 0.3) is 0 Å². The van der Waals surface area contributed by atoms with Crippen LogP contribution in [0.1, 0.15) is 19.8 Å². The second kappa shape index (κ2) is 6.55. The fraction of sp³-hybridized carbons (Fsp3) is 0.700. The minimum Gasteiger partial charge on any atom is -0.490 e. The summed E-state index contributed by atoms with van der Waals surface area (Å²) in [4.78, 5) is 0. The van der Waals surface area contributed by atoms with Crippen molar-refractivity contribution in [3.63, 3.8) is 0 Å². The van der Waals surface area contributed by atoms with Gasteiger partial charge < -0.3 is 20.9 Å². The lowest BCUT2D eigenvalue weighted by molar-refractivity contribution is 0.229. The molecular weight excluding hydrogens is 226 g/mol. The number of rotatable bonds is 7. The highest BCUT2D eigenvalue weighted by molar-refractivity contribution is 7.11. The highest BCUT2D eigenvalue weighted by atomic mass is 32.1. The van der Waals surface area contributed by atoms with Gasteiger partial charge in [0.1, 0.15) is 0 Å². The molecule has 1 unspecified atom stereocenters. The van der Waals surface area contributed by atoms with E-state index in [4.69, 9.17) is 15.6 Å². The van der Waals surface area contributed by atoms with Gasteiger partial charge in [-0.2, -0.15) is 4.37 Å². The first-order chi connectivity index (χ1) is 7.69. The van der Waals surface area contributed by atoms with E-state index >= 15 is 0 Å². The number of aromatic nitrogens is 1. The van der Waals surface area contributed by atoms with Gasteiger partial charge in [-0.3, -0.25) is 0 Å². The minimum atomic E-state index is 0.247. The van der Waals surface area contributed by atoms with E-state index in [0.717, 1.165) is 24.4 Å². The van der Waals surface area contributed by atoms with E-state index in [9.17, 15) is 0 Å². The van der Waals surface area contributed by atoms with Crippen molar-refractivity contribution in [3.05, 3.63) is 0 Å². The molecule has 0 bridgehead atoms. The molecule has 0 aromatic carbocycles. The average Bonchev–Trinajstić information content (AvgIpc) is 2.65. The molecule has 16 heavy (non-hydrogen) atoms. The molecule has 0 saturated heterocycles. The number of nitrogen functional groups attached to an aromatic ring is 1. The number of nitrogens with zero attached hydrogens (tertiary/aromatic N) is 1. The summed E-state index contributed by atoms with van der Waals surface area (Å²) in [5.74, 6) is 1.41. The molecule has 0 spiro atoms. The van der Waals surface area contributed by atoms with Gasteiger partial charge in [-0.1, -0.05) is 6.92 Å². The normalized spacial score (nSPS) is 12.4. The van der Waals surface area contributed by atoms with E-state index in [2.05, 4.69) is 9.69 Å². The smallest absolute Gasteiger partial charge is 0.197 e. The molecule has 1 heterocycles. The third-order valence-corrected chi connectivity index (χ3v) is 3.15. The van der Waals surface area contributed by atoms with Gasteiger partial charge in [0.15, 0.2) is 16.6 Å². The van der Waals surface area contributed by atoms with Crippen LogP contribution in [0.3, 0.4) is 0 Å². The van der Waals surface area contributed by atoms with Crippen LogP contribution in [0.5, 0.6) is 5.75 Å². The summed E-state index contributed by atoms with van der Waals surface area (Å²) in [6.07, 6.45) is 2.00. The Balaban J connectivity index is 2.31. The molecule has 0 aliphatic rings. The third kappa shape index (κ3) is 3.53. The van der Waals surface area contributed by atoms with Crippen LogP contribution >= 0.6 is 11.5 Å². The number of hydrogen-bond donors (Lipinski definition) is 3. The fourth-order valence-electron chi connectivity index (χ4n) is 1.35. The van der Waals surface area contributed by atoms with E-state index in [1.54, 1.807) is 7.11 Å². The van der Waals surface area contributed by atoms with Crippen molar-refractivity contribution in [1.82, 2.24) is 4.37 Å². The molecule has 1 atom stereocenters. The predicted molar refractivity (Wildman–Crippen MR) is 67.1 cm³/mol. The number of aliphatic hydroxyl groups excluding tert-OH is 1. The monoisotopic (exact) mass is 245 g/mol. The van der Waals surface area contributed by atoms with Crippen molar-refractivity contribution in [1.29, 1.82) is 0 Å². The molecule has 1 aromatic heterocycles. The zero-order chi connectivity index (χ0) is 12.0. The van der Waals surface area contributed by atoms with Gasteiger partial charge in [-0.05, 0) is 30.3 Å². The van der Waals surface area contributed by atoms with Crippen molar-refractivity contribution in [2.45, 2.75) is 19.8 Å². The van der Waals surface area contributed by atoms with Crippen LogP contribution in [0.15, 0.2) is 0 Å². The summed E-state index contributed by atoms with van der Waals surface area (Å²) < 4.78 is 9.15. The second-order valence-corrected chi connectivity index (χ2v) is 4.56. The molecule has 0 aliphatic heterocycles. The highest BCUT2D eigenvalue weighted by Gasteiger charge is 2.10. The van der Waals surface area contributed by atoms with Crippen LogP contribution in [-0.2, 0) is 0 Å². The Morgan fingerprint density at radius 2 is 2.38 bits per heavy atom. The predicted octanol–water partition coefficient (Wildman–Crippen LogP) is 1.55. The Morgan fingerprint density at radius 1 is 1.62 bits per heavy atom. The lowest BCUT2D eigenvalue weighted by Gasteiger charge is -2.08. The van der Waals surface area contributed by atoms with E-state index < -0.39 is 0 Å². The van der Waals surface area contributed by atoms with Gasteiger partial charge >= 0.3 is 0 Å². The Kier molecular flexibility index (Phi) is 5.34. The molecular formula is C10H19N3O2S. The highest BCUT2D eigenvalue weighted by Crippen LogP contribution is 2.34. The van der Waals surface area contributed by atoms with Crippen molar-refractivity contribution in [2.24, 2.45) is 5.92 Å². The second-order valence-electron chi connectivity index (χ2n) is 3.79. The van der Waals surface area contributed by atoms with Crippen molar-refractivity contribution in [3.8, 4) is 5.75 Å². The summed E-state index contributed by atoms with van der Waals surface area (Å²) in [6.45, 7) is 3.12. The molecule has 0 fully saturated rings. The SMILES string of the molecule is COc1c(N)nsc1NCCCC(C)CO. The maximum atomic E-state index is 8.87. The number of ether oxygens (including phenoxy) is 1. The quantitative estimate of drug-likeness (QED) is 0.635. The summed E-state index contributed by atoms with van der Waals surface area (Å²) in [6, 6.07) is 0. The molecule has 92 valence electrons. The topological polar surface area (TPSA) is 80.4 Å². The van der Waals surface area contributed by atoms with E-state index in [-0.39, 0.29) is 6.61 Å². The Morgan fingerprint density at radius 3 is 3.00 bits per heavy atom. The maximum Gasteiger partial charge on any atom is 0.197 e. The first kappa shape index (κ1) is 13.1. The Bertz CT molecular complexity index is 317. The standard InChI is InChI=1S/C10H19N3O2S/c1-7(6-14)4-3-5-12-10-8(15-2)9(11)13-16-10/h7,12,14H,3-6H2,1-2H3,(H2,11,13). The molecule has 0 aliphatic carbocycles. The van der Waals surface area contributed by atoms with Gasteiger partial charge in [0, 0.05) is 13.2 Å². The minimum absolute atomic E-state index is 0.247. The summed E-state index contributed by atoms with van der Waals surface area (Å²) in [5.41, 5.74) is 5.63. The molecule has 4 N–H and O–H groups in total. The molecule has 1 aromatic rings. The van der Waals surface area contributed by atoms with Crippen LogP contribution in [-0.4, -0.2) is 29.7 Å². The zero-order valence-corrected chi connectivity index (χ0v) is 10.5. The van der Waals surface area contributed by atoms with Crippen LogP contribution < -0.4 is 15.8 Å². The van der Waals surface area contributed by atoms with Crippen molar-refractivity contribution >= 4 is 22.4 Å². The van der Waals surface area contributed by atoms with E-state index in [1.807, 2.05) is 6.92 Å². The third-order valence-electron chi connectivity index (χ3n) is 2.35. The number of hydrogen-bond acceptors (Lipinski definition) is 6. The summed E-state index contributed by atoms with van der Waals surface area (Å²) in [7, 11) is 1.58. The Labute approximate surface area is 99.8 Å². The number of nitrogens with two attached hydrogens (primary N) is 1. The summed E-state index contributed by atoms with van der Waals surface area (Å²) in [5, 5.41) is 13.0. The molecule has 0 radical (unpaired) electrons. The van der Waals surface area contributed by atoms with E-state index in [0.29, 0.717) is 17.5 Å². The van der Waals surface area contributed by atoms with Crippen LogP contribution in [0.4, 0.5) is 10.8 Å². The van der Waals surface area contributed by atoms with Gasteiger partial charge in [-0.25, -0.2) is 0 Å². The van der Waals surface area contributed by atoms with E-state index in [1.165, 1.54) is 11.5 Å². The Hall–Kier alpha value is -1.01. The average molecular weight is 245 g/mol. The first-order valence-corrected chi connectivity index (χ1v) is 6.10. The zero-order valence-electron chi connectivity index (χ0n) is 9.69. The van der Waals surface area contributed by atoms with Crippen molar-refractivity contribution < 1.29 is 9.84 Å². The lowest BCUT2D eigenvalue weighted by Crippen LogP contribution is -2.06. The van der Waals surface area contributed by atoms with Crippen LogP contribution in [0, 0.1) is 5.92 Å². The van der Waals surface area contributed by atoms with Gasteiger partial charge in [-0.15, -0.1) is 0 Å². The number of anilines is 2. The van der Waals surface area contributed by atoms with Crippen LogP contribution in [0.2, 0.25) is 0 Å². The molecule has 0 saturated carbocycles. The van der Waals surface area contributed by atoms with Crippen molar-refractivity contribution in [2.75, 3.05) is 31.3 Å². The largest absolute Gasteiger partial charge is 0.490 e. The lowest BCUT2D eigenvalue weighted by atomic mass is 10.1. The number of methoxy groups -OCH3 is 1. The molecule has 5 nitrogen and oxygen atoms in total. The number of aliphatic hydroxyl groups is 1. The first-order valence-electron chi connectivity index (χ1n) is 5.32.